The molecule has 30 heavy (non-hydrogen) atoms. The summed E-state index contributed by atoms with van der Waals surface area (Å²) in [5.41, 5.74) is 2.23. The van der Waals surface area contributed by atoms with Crippen LogP contribution in [-0.2, 0) is 11.3 Å². The molecule has 0 spiro atoms. The quantitative estimate of drug-likeness (QED) is 0.325. The number of aromatic nitrogens is 3. The number of carbonyl (C=O) groups excluding carboxylic acids is 1. The maximum atomic E-state index is 12.5. The normalized spacial score (nSPS) is 11.1. The molecule has 7 heteroatoms. The second-order valence-electron chi connectivity index (χ2n) is 6.68. The van der Waals surface area contributed by atoms with Gasteiger partial charge in [-0.25, -0.2) is 14.8 Å². The van der Waals surface area contributed by atoms with Crippen molar-refractivity contribution in [2.75, 3.05) is 0 Å². The van der Waals surface area contributed by atoms with Crippen molar-refractivity contribution in [1.82, 2.24) is 14.5 Å². The summed E-state index contributed by atoms with van der Waals surface area (Å²) in [7, 11) is 0. The predicted molar refractivity (Wildman–Crippen MR) is 117 cm³/mol. The second-order valence-corrected chi connectivity index (χ2v) is 7.71. The van der Waals surface area contributed by atoms with Crippen LogP contribution < -0.4 is 10.3 Å². The van der Waals surface area contributed by atoms with E-state index in [1.807, 2.05) is 42.5 Å². The fourth-order valence-electron chi connectivity index (χ4n) is 3.18. The molecule has 0 saturated carbocycles. The van der Waals surface area contributed by atoms with Gasteiger partial charge in [0.05, 0.1) is 27.4 Å². The number of ether oxygens (including phenoxy) is 1. The number of para-hydroxylation sites is 2. The van der Waals surface area contributed by atoms with Gasteiger partial charge in [0.15, 0.2) is 0 Å². The predicted octanol–water partition coefficient (Wildman–Crippen LogP) is 4.28. The first-order valence-electron chi connectivity index (χ1n) is 9.28. The lowest BCUT2D eigenvalue weighted by Crippen LogP contribution is -2.26. The molecular formula is C23H15N3O3S. The van der Waals surface area contributed by atoms with E-state index in [2.05, 4.69) is 9.97 Å². The summed E-state index contributed by atoms with van der Waals surface area (Å²) in [6.45, 7) is -0.212. The molecule has 3 aromatic carbocycles. The van der Waals surface area contributed by atoms with E-state index >= 15 is 0 Å². The Morgan fingerprint density at radius 1 is 0.933 bits per heavy atom. The van der Waals surface area contributed by atoms with Crippen molar-refractivity contribution in [3.8, 4) is 16.3 Å². The van der Waals surface area contributed by atoms with Crippen molar-refractivity contribution in [2.24, 2.45) is 0 Å². The standard InChI is InChI=1S/C23H15N3O3S/c27-21(13-26-14-24-18-6-2-1-5-17(18)23(26)28)29-16-11-9-15(10-12-16)22-25-19-7-3-4-8-20(19)30-22/h1-12,14H,13H2. The minimum Gasteiger partial charge on any atom is -0.425 e. The molecule has 0 aliphatic heterocycles. The van der Waals surface area contributed by atoms with Crippen LogP contribution in [0.15, 0.2) is 83.9 Å². The monoisotopic (exact) mass is 413 g/mol. The van der Waals surface area contributed by atoms with E-state index in [4.69, 9.17) is 4.74 Å². The van der Waals surface area contributed by atoms with Gasteiger partial charge < -0.3 is 4.74 Å². The molecule has 2 heterocycles. The fraction of sp³-hybridized carbons (Fsp3) is 0.0435. The number of rotatable bonds is 4. The van der Waals surface area contributed by atoms with Crippen molar-refractivity contribution in [3.05, 3.63) is 89.5 Å². The van der Waals surface area contributed by atoms with Crippen LogP contribution in [-0.4, -0.2) is 20.5 Å². The smallest absolute Gasteiger partial charge is 0.331 e. The molecule has 146 valence electrons. The highest BCUT2D eigenvalue weighted by Crippen LogP contribution is 2.30. The molecule has 0 saturated heterocycles. The zero-order chi connectivity index (χ0) is 20.5. The first kappa shape index (κ1) is 18.2. The summed E-state index contributed by atoms with van der Waals surface area (Å²) in [5.74, 6) is -0.131. The topological polar surface area (TPSA) is 74.1 Å². The summed E-state index contributed by atoms with van der Waals surface area (Å²) < 4.78 is 7.76. The van der Waals surface area contributed by atoms with Crippen molar-refractivity contribution in [1.29, 1.82) is 0 Å². The maximum absolute atomic E-state index is 12.5. The van der Waals surface area contributed by atoms with Gasteiger partial charge in [0, 0.05) is 5.56 Å². The number of fused-ring (bicyclic) bond motifs is 2. The van der Waals surface area contributed by atoms with Crippen LogP contribution in [0.1, 0.15) is 0 Å². The Balaban J connectivity index is 1.32. The fourth-order valence-corrected chi connectivity index (χ4v) is 4.15. The number of hydrogen-bond acceptors (Lipinski definition) is 6. The molecule has 0 atom stereocenters. The van der Waals surface area contributed by atoms with E-state index < -0.39 is 5.97 Å². The average molecular weight is 413 g/mol. The summed E-state index contributed by atoms with van der Waals surface area (Å²) in [4.78, 5) is 33.7. The Kier molecular flexibility index (Phi) is 4.57. The SMILES string of the molecule is O=C(Cn1cnc2ccccc2c1=O)Oc1ccc(-c2nc3ccccc3s2)cc1. The minimum atomic E-state index is -0.540. The molecule has 2 aromatic heterocycles. The zero-order valence-electron chi connectivity index (χ0n) is 15.7. The highest BCUT2D eigenvalue weighted by atomic mass is 32.1. The average Bonchev–Trinajstić information content (AvgIpc) is 3.21. The lowest BCUT2D eigenvalue weighted by atomic mass is 10.2. The lowest BCUT2D eigenvalue weighted by molar-refractivity contribution is -0.135. The second kappa shape index (κ2) is 7.53. The summed E-state index contributed by atoms with van der Waals surface area (Å²) in [6.07, 6.45) is 1.36. The van der Waals surface area contributed by atoms with E-state index in [0.29, 0.717) is 16.7 Å². The summed E-state index contributed by atoms with van der Waals surface area (Å²) in [5, 5.41) is 1.37. The highest BCUT2D eigenvalue weighted by molar-refractivity contribution is 7.21. The molecule has 0 N–H and O–H groups in total. The summed E-state index contributed by atoms with van der Waals surface area (Å²) >= 11 is 1.61. The van der Waals surface area contributed by atoms with Crippen molar-refractivity contribution < 1.29 is 9.53 Å². The van der Waals surface area contributed by atoms with Gasteiger partial charge in [-0.15, -0.1) is 11.3 Å². The molecule has 0 unspecified atom stereocenters. The van der Waals surface area contributed by atoms with Gasteiger partial charge in [-0.2, -0.15) is 0 Å². The Bertz CT molecular complexity index is 1400. The first-order chi connectivity index (χ1) is 14.7. The Morgan fingerprint density at radius 3 is 2.47 bits per heavy atom. The molecule has 0 bridgehead atoms. The molecule has 5 rings (SSSR count). The third kappa shape index (κ3) is 3.46. The van der Waals surface area contributed by atoms with Crippen LogP contribution >= 0.6 is 11.3 Å². The molecule has 6 nitrogen and oxygen atoms in total. The largest absolute Gasteiger partial charge is 0.425 e. The van der Waals surface area contributed by atoms with E-state index in [1.165, 1.54) is 10.9 Å². The molecule has 0 aliphatic carbocycles. The molecule has 0 aliphatic rings. The van der Waals surface area contributed by atoms with Gasteiger partial charge in [0.25, 0.3) is 5.56 Å². The van der Waals surface area contributed by atoms with Gasteiger partial charge >= 0.3 is 5.97 Å². The molecule has 0 radical (unpaired) electrons. The van der Waals surface area contributed by atoms with Crippen LogP contribution in [0.4, 0.5) is 0 Å². The van der Waals surface area contributed by atoms with Crippen molar-refractivity contribution in [2.45, 2.75) is 6.54 Å². The molecule has 0 fully saturated rings. The van der Waals surface area contributed by atoms with Gasteiger partial charge in [-0.3, -0.25) is 9.36 Å². The van der Waals surface area contributed by atoms with Gasteiger partial charge in [0.1, 0.15) is 17.3 Å². The van der Waals surface area contributed by atoms with Crippen LogP contribution in [0.25, 0.3) is 31.7 Å². The van der Waals surface area contributed by atoms with Crippen molar-refractivity contribution in [3.63, 3.8) is 0 Å². The third-order valence-corrected chi connectivity index (χ3v) is 5.74. The van der Waals surface area contributed by atoms with Gasteiger partial charge in [0.2, 0.25) is 0 Å². The molecule has 5 aromatic rings. The summed E-state index contributed by atoms with van der Waals surface area (Å²) in [6, 6.07) is 22.2. The third-order valence-electron chi connectivity index (χ3n) is 4.66. The first-order valence-corrected chi connectivity index (χ1v) is 10.1. The lowest BCUT2D eigenvalue weighted by Gasteiger charge is -2.07. The number of hydrogen-bond donors (Lipinski definition) is 0. The van der Waals surface area contributed by atoms with Gasteiger partial charge in [-0.05, 0) is 48.5 Å². The Morgan fingerprint density at radius 2 is 1.67 bits per heavy atom. The number of carbonyl (C=O) groups is 1. The molecule has 0 amide bonds. The van der Waals surface area contributed by atoms with Gasteiger partial charge in [-0.1, -0.05) is 24.3 Å². The number of benzene rings is 3. The zero-order valence-corrected chi connectivity index (χ0v) is 16.5. The minimum absolute atomic E-state index is 0.212. The van der Waals surface area contributed by atoms with Crippen molar-refractivity contribution >= 4 is 38.4 Å². The maximum Gasteiger partial charge on any atom is 0.331 e. The Labute approximate surface area is 175 Å². The molecular weight excluding hydrogens is 398 g/mol. The van der Waals surface area contributed by atoms with E-state index in [1.54, 1.807) is 41.7 Å². The van der Waals surface area contributed by atoms with Crippen LogP contribution in [0, 0.1) is 0 Å². The van der Waals surface area contributed by atoms with E-state index in [9.17, 15) is 9.59 Å². The van der Waals surface area contributed by atoms with Crippen LogP contribution in [0.5, 0.6) is 5.75 Å². The number of nitrogens with zero attached hydrogens (tertiary/aromatic N) is 3. The Hall–Kier alpha value is -3.84. The van der Waals surface area contributed by atoms with Crippen LogP contribution in [0.2, 0.25) is 0 Å². The van der Waals surface area contributed by atoms with E-state index in [0.717, 1.165) is 20.8 Å². The van der Waals surface area contributed by atoms with Crippen LogP contribution in [0.3, 0.4) is 0 Å². The highest BCUT2D eigenvalue weighted by Gasteiger charge is 2.11. The number of esters is 1. The number of thiazole rings is 1. The van der Waals surface area contributed by atoms with E-state index in [-0.39, 0.29) is 12.1 Å².